The van der Waals surface area contributed by atoms with Crippen LogP contribution in [0.15, 0.2) is 48.5 Å². The number of fused-ring (bicyclic) bond motifs is 1. The second-order valence-corrected chi connectivity index (χ2v) is 5.28. The van der Waals surface area contributed by atoms with Gasteiger partial charge in [-0.2, -0.15) is 0 Å². The van der Waals surface area contributed by atoms with Crippen molar-refractivity contribution in [1.82, 2.24) is 0 Å². The highest BCUT2D eigenvalue weighted by atomic mass is 19.1. The number of aliphatic hydroxyl groups is 1. The summed E-state index contributed by atoms with van der Waals surface area (Å²) in [4.78, 5) is 0. The Morgan fingerprint density at radius 1 is 1.05 bits per heavy atom. The average molecular weight is 256 g/mol. The highest BCUT2D eigenvalue weighted by Crippen LogP contribution is 2.41. The molecule has 0 aliphatic heterocycles. The summed E-state index contributed by atoms with van der Waals surface area (Å²) in [5.74, 6) is -0.187. The Bertz CT molecular complexity index is 579. The maximum atomic E-state index is 13.7. The molecule has 0 saturated heterocycles. The Morgan fingerprint density at radius 2 is 1.84 bits per heavy atom. The third kappa shape index (κ3) is 2.28. The van der Waals surface area contributed by atoms with E-state index in [1.807, 2.05) is 24.3 Å². The van der Waals surface area contributed by atoms with Gasteiger partial charge in [0.15, 0.2) is 0 Å². The molecule has 1 unspecified atom stereocenters. The van der Waals surface area contributed by atoms with Gasteiger partial charge in [-0.3, -0.25) is 0 Å². The first-order valence-electron chi connectivity index (χ1n) is 6.73. The van der Waals surface area contributed by atoms with Crippen molar-refractivity contribution >= 4 is 0 Å². The first kappa shape index (κ1) is 12.4. The summed E-state index contributed by atoms with van der Waals surface area (Å²) in [5, 5.41) is 10.8. The third-order valence-corrected chi connectivity index (χ3v) is 4.08. The lowest BCUT2D eigenvalue weighted by Crippen LogP contribution is -2.23. The van der Waals surface area contributed by atoms with Crippen LogP contribution in [0.2, 0.25) is 0 Å². The summed E-state index contributed by atoms with van der Waals surface area (Å²) in [6.45, 7) is 0. The van der Waals surface area contributed by atoms with Gasteiger partial charge in [0.05, 0.1) is 5.60 Å². The Labute approximate surface area is 112 Å². The van der Waals surface area contributed by atoms with Gasteiger partial charge in [-0.1, -0.05) is 42.5 Å². The fourth-order valence-electron chi connectivity index (χ4n) is 2.97. The zero-order chi connectivity index (χ0) is 13.3. The number of aryl methyl sites for hydroxylation is 1. The second-order valence-electron chi connectivity index (χ2n) is 5.28. The molecule has 2 heteroatoms. The van der Waals surface area contributed by atoms with Crippen molar-refractivity contribution < 1.29 is 9.50 Å². The van der Waals surface area contributed by atoms with Crippen molar-refractivity contribution in [2.24, 2.45) is 0 Å². The van der Waals surface area contributed by atoms with E-state index in [1.54, 1.807) is 6.07 Å². The van der Waals surface area contributed by atoms with E-state index in [2.05, 4.69) is 12.1 Å². The number of benzene rings is 2. The molecule has 1 N–H and O–H groups in total. The maximum Gasteiger partial charge on any atom is 0.126 e. The van der Waals surface area contributed by atoms with Gasteiger partial charge in [-0.15, -0.1) is 0 Å². The molecule has 1 nitrogen and oxygen atoms in total. The SMILES string of the molecule is OC1(CCc2ccccc2)CCc2c(F)cccc21. The summed E-state index contributed by atoms with van der Waals surface area (Å²) in [6, 6.07) is 15.1. The highest BCUT2D eigenvalue weighted by Gasteiger charge is 2.37. The Kier molecular flexibility index (Phi) is 3.11. The molecular weight excluding hydrogens is 239 g/mol. The molecule has 1 aliphatic rings. The Morgan fingerprint density at radius 3 is 2.63 bits per heavy atom. The van der Waals surface area contributed by atoms with E-state index in [1.165, 1.54) is 11.6 Å². The van der Waals surface area contributed by atoms with Gasteiger partial charge in [-0.05, 0) is 48.4 Å². The molecule has 0 saturated carbocycles. The van der Waals surface area contributed by atoms with Crippen LogP contribution < -0.4 is 0 Å². The van der Waals surface area contributed by atoms with Gasteiger partial charge in [0.25, 0.3) is 0 Å². The lowest BCUT2D eigenvalue weighted by atomic mass is 9.89. The zero-order valence-electron chi connectivity index (χ0n) is 10.8. The van der Waals surface area contributed by atoms with Crippen LogP contribution in [0.4, 0.5) is 4.39 Å². The van der Waals surface area contributed by atoms with E-state index in [9.17, 15) is 9.50 Å². The second kappa shape index (κ2) is 4.78. The largest absolute Gasteiger partial charge is 0.385 e. The van der Waals surface area contributed by atoms with Gasteiger partial charge in [0, 0.05) is 0 Å². The molecule has 0 fully saturated rings. The van der Waals surface area contributed by atoms with Crippen LogP contribution in [0.25, 0.3) is 0 Å². The first-order valence-corrected chi connectivity index (χ1v) is 6.73. The van der Waals surface area contributed by atoms with Crippen molar-refractivity contribution in [1.29, 1.82) is 0 Å². The predicted octanol–water partition coefficient (Wildman–Crippen LogP) is 3.59. The van der Waals surface area contributed by atoms with Crippen LogP contribution in [-0.4, -0.2) is 5.11 Å². The van der Waals surface area contributed by atoms with Gasteiger partial charge in [0.2, 0.25) is 0 Å². The van der Waals surface area contributed by atoms with Crippen LogP contribution >= 0.6 is 0 Å². The van der Waals surface area contributed by atoms with Crippen molar-refractivity contribution in [3.8, 4) is 0 Å². The van der Waals surface area contributed by atoms with E-state index < -0.39 is 5.60 Å². The molecule has 98 valence electrons. The molecule has 2 aromatic rings. The number of hydrogen-bond donors (Lipinski definition) is 1. The zero-order valence-corrected chi connectivity index (χ0v) is 10.8. The maximum absolute atomic E-state index is 13.7. The van der Waals surface area contributed by atoms with E-state index >= 15 is 0 Å². The molecule has 2 aromatic carbocycles. The quantitative estimate of drug-likeness (QED) is 0.889. The van der Waals surface area contributed by atoms with Crippen LogP contribution in [0.5, 0.6) is 0 Å². The smallest absolute Gasteiger partial charge is 0.126 e. The Hall–Kier alpha value is -1.67. The molecule has 0 heterocycles. The average Bonchev–Trinajstić information content (AvgIpc) is 2.78. The summed E-state index contributed by atoms with van der Waals surface area (Å²) in [5.41, 5.74) is 1.81. The van der Waals surface area contributed by atoms with Crippen molar-refractivity contribution in [3.63, 3.8) is 0 Å². The first-order chi connectivity index (χ1) is 9.19. The summed E-state index contributed by atoms with van der Waals surface area (Å²) >= 11 is 0. The summed E-state index contributed by atoms with van der Waals surface area (Å²) in [6.07, 6.45) is 2.71. The fraction of sp³-hybridized carbons (Fsp3) is 0.294. The number of rotatable bonds is 3. The molecule has 19 heavy (non-hydrogen) atoms. The highest BCUT2D eigenvalue weighted by molar-refractivity contribution is 5.38. The predicted molar refractivity (Wildman–Crippen MR) is 73.4 cm³/mol. The molecule has 3 rings (SSSR count). The minimum atomic E-state index is -0.868. The monoisotopic (exact) mass is 256 g/mol. The van der Waals surface area contributed by atoms with Crippen LogP contribution in [0, 0.1) is 5.82 Å². The minimum absolute atomic E-state index is 0.187. The molecule has 1 aliphatic carbocycles. The lowest BCUT2D eigenvalue weighted by Gasteiger charge is -2.24. The van der Waals surface area contributed by atoms with Crippen molar-refractivity contribution in [2.45, 2.75) is 31.3 Å². The van der Waals surface area contributed by atoms with Crippen molar-refractivity contribution in [3.05, 3.63) is 71.0 Å². The van der Waals surface area contributed by atoms with E-state index in [0.29, 0.717) is 24.8 Å². The standard InChI is InChI=1S/C17H17FO/c18-16-8-4-7-15-14(16)10-12-17(15,19)11-9-13-5-2-1-3-6-13/h1-8,19H,9-12H2. The summed E-state index contributed by atoms with van der Waals surface area (Å²) in [7, 11) is 0. The molecule has 0 aromatic heterocycles. The van der Waals surface area contributed by atoms with Gasteiger partial charge in [0.1, 0.15) is 5.82 Å². The molecular formula is C17H17FO. The van der Waals surface area contributed by atoms with E-state index in [4.69, 9.17) is 0 Å². The Balaban J connectivity index is 1.81. The third-order valence-electron chi connectivity index (χ3n) is 4.08. The van der Waals surface area contributed by atoms with Gasteiger partial charge < -0.3 is 5.11 Å². The molecule has 1 atom stereocenters. The van der Waals surface area contributed by atoms with Crippen LogP contribution in [-0.2, 0) is 18.4 Å². The molecule has 0 amide bonds. The minimum Gasteiger partial charge on any atom is -0.385 e. The molecule has 0 spiro atoms. The normalized spacial score (nSPS) is 21.4. The van der Waals surface area contributed by atoms with Gasteiger partial charge in [-0.25, -0.2) is 4.39 Å². The fourth-order valence-corrected chi connectivity index (χ4v) is 2.97. The van der Waals surface area contributed by atoms with Crippen molar-refractivity contribution in [2.75, 3.05) is 0 Å². The molecule has 0 radical (unpaired) electrons. The summed E-state index contributed by atoms with van der Waals surface area (Å²) < 4.78 is 13.7. The number of halogens is 1. The van der Waals surface area contributed by atoms with E-state index in [0.717, 1.165) is 12.0 Å². The molecule has 0 bridgehead atoms. The van der Waals surface area contributed by atoms with Gasteiger partial charge >= 0.3 is 0 Å². The lowest BCUT2D eigenvalue weighted by molar-refractivity contribution is 0.0297. The number of hydrogen-bond acceptors (Lipinski definition) is 1. The van der Waals surface area contributed by atoms with E-state index in [-0.39, 0.29) is 5.82 Å². The topological polar surface area (TPSA) is 20.2 Å². The van der Waals surface area contributed by atoms with Crippen LogP contribution in [0.1, 0.15) is 29.5 Å². The van der Waals surface area contributed by atoms with Crippen LogP contribution in [0.3, 0.4) is 0 Å².